The van der Waals surface area contributed by atoms with Crippen molar-refractivity contribution in [2.45, 2.75) is 12.8 Å². The summed E-state index contributed by atoms with van der Waals surface area (Å²) in [6, 6.07) is 13.6. The van der Waals surface area contributed by atoms with Crippen LogP contribution in [0.2, 0.25) is 5.02 Å². The highest BCUT2D eigenvalue weighted by molar-refractivity contribution is 6.31. The number of H-pyrrole nitrogens is 1. The minimum absolute atomic E-state index is 0.718. The summed E-state index contributed by atoms with van der Waals surface area (Å²) in [6.45, 7) is 0. The van der Waals surface area contributed by atoms with E-state index >= 15 is 0 Å². The maximum atomic E-state index is 5.96. The summed E-state index contributed by atoms with van der Waals surface area (Å²) in [5, 5.41) is 0.718. The summed E-state index contributed by atoms with van der Waals surface area (Å²) >= 11 is 5.96. The van der Waals surface area contributed by atoms with Gasteiger partial charge in [0.1, 0.15) is 5.82 Å². The fraction of sp³-hybridized carbons (Fsp3) is 0.133. The average molecular weight is 272 g/mol. The lowest BCUT2D eigenvalue weighted by atomic mass is 10.1. The Morgan fingerprint density at radius 2 is 1.95 bits per heavy atom. The molecule has 3 aromatic rings. The fourth-order valence-corrected chi connectivity index (χ4v) is 2.34. The molecule has 4 heteroatoms. The smallest absolute Gasteiger partial charge is 0.107 e. The van der Waals surface area contributed by atoms with Crippen LogP contribution in [0.4, 0.5) is 5.69 Å². The highest BCUT2D eigenvalue weighted by atomic mass is 35.5. The van der Waals surface area contributed by atoms with Crippen LogP contribution >= 0.6 is 11.6 Å². The summed E-state index contributed by atoms with van der Waals surface area (Å²) in [5.41, 5.74) is 9.84. The summed E-state index contributed by atoms with van der Waals surface area (Å²) < 4.78 is 0. The van der Waals surface area contributed by atoms with Crippen LogP contribution in [0.25, 0.3) is 11.0 Å². The topological polar surface area (TPSA) is 54.7 Å². The molecule has 2 aromatic carbocycles. The lowest BCUT2D eigenvalue weighted by Crippen LogP contribution is -1.97. The molecule has 0 fully saturated rings. The van der Waals surface area contributed by atoms with Crippen molar-refractivity contribution in [2.24, 2.45) is 0 Å². The van der Waals surface area contributed by atoms with Crippen molar-refractivity contribution in [3.05, 3.63) is 58.9 Å². The number of imidazole rings is 1. The molecule has 0 aliphatic heterocycles. The molecule has 0 radical (unpaired) electrons. The Morgan fingerprint density at radius 1 is 1.11 bits per heavy atom. The molecular formula is C15H14ClN3. The van der Waals surface area contributed by atoms with E-state index in [1.54, 1.807) is 0 Å². The number of rotatable bonds is 3. The maximum Gasteiger partial charge on any atom is 0.107 e. The molecule has 96 valence electrons. The summed E-state index contributed by atoms with van der Waals surface area (Å²) in [7, 11) is 0. The molecule has 0 amide bonds. The van der Waals surface area contributed by atoms with Crippen LogP contribution in [0.3, 0.4) is 0 Å². The average Bonchev–Trinajstić information content (AvgIpc) is 2.79. The van der Waals surface area contributed by atoms with Gasteiger partial charge in [0.05, 0.1) is 11.0 Å². The molecule has 3 rings (SSSR count). The first kappa shape index (κ1) is 12.1. The van der Waals surface area contributed by atoms with Gasteiger partial charge in [0.25, 0.3) is 0 Å². The number of nitrogen functional groups attached to an aromatic ring is 1. The third-order valence-electron chi connectivity index (χ3n) is 3.18. The highest BCUT2D eigenvalue weighted by Crippen LogP contribution is 2.18. The Labute approximate surface area is 116 Å². The van der Waals surface area contributed by atoms with Crippen molar-refractivity contribution in [1.82, 2.24) is 9.97 Å². The molecular weight excluding hydrogens is 258 g/mol. The zero-order valence-corrected chi connectivity index (χ0v) is 11.1. The minimum Gasteiger partial charge on any atom is -0.399 e. The van der Waals surface area contributed by atoms with Gasteiger partial charge in [-0.25, -0.2) is 4.98 Å². The van der Waals surface area contributed by atoms with Crippen LogP contribution in [-0.2, 0) is 12.8 Å². The molecule has 1 heterocycles. The molecule has 0 aliphatic rings. The number of anilines is 1. The first-order chi connectivity index (χ1) is 9.22. The second-order valence-electron chi connectivity index (χ2n) is 4.54. The van der Waals surface area contributed by atoms with Gasteiger partial charge in [-0.05, 0) is 36.2 Å². The van der Waals surface area contributed by atoms with Crippen molar-refractivity contribution in [1.29, 1.82) is 0 Å². The zero-order chi connectivity index (χ0) is 13.2. The lowest BCUT2D eigenvalue weighted by Gasteiger charge is -2.03. The number of para-hydroxylation sites is 1. The van der Waals surface area contributed by atoms with Crippen LogP contribution < -0.4 is 5.73 Å². The van der Waals surface area contributed by atoms with E-state index in [0.717, 1.165) is 46.0 Å². The number of aryl methyl sites for hydroxylation is 2. The monoisotopic (exact) mass is 271 g/mol. The minimum atomic E-state index is 0.718. The number of nitrogens with one attached hydrogen (secondary N) is 1. The Bertz CT molecular complexity index is 718. The largest absolute Gasteiger partial charge is 0.399 e. The van der Waals surface area contributed by atoms with E-state index in [2.05, 4.69) is 16.0 Å². The summed E-state index contributed by atoms with van der Waals surface area (Å²) in [6.07, 6.45) is 1.71. The Balaban J connectivity index is 1.80. The Morgan fingerprint density at radius 3 is 2.79 bits per heavy atom. The Kier molecular flexibility index (Phi) is 3.13. The molecule has 0 bridgehead atoms. The third-order valence-corrected chi connectivity index (χ3v) is 3.41. The van der Waals surface area contributed by atoms with Gasteiger partial charge in [-0.2, -0.15) is 0 Å². The van der Waals surface area contributed by atoms with Gasteiger partial charge in [0.2, 0.25) is 0 Å². The van der Waals surface area contributed by atoms with Crippen LogP contribution in [0.15, 0.2) is 42.5 Å². The van der Waals surface area contributed by atoms with E-state index in [9.17, 15) is 0 Å². The number of nitrogens with two attached hydrogens (primary N) is 1. The van der Waals surface area contributed by atoms with Gasteiger partial charge < -0.3 is 10.7 Å². The third kappa shape index (κ3) is 2.56. The number of aromatic nitrogens is 2. The number of benzene rings is 2. The molecule has 3 nitrogen and oxygen atoms in total. The number of hydrogen-bond donors (Lipinski definition) is 2. The van der Waals surface area contributed by atoms with Crippen molar-refractivity contribution in [2.75, 3.05) is 5.73 Å². The molecule has 1 aromatic heterocycles. The van der Waals surface area contributed by atoms with Crippen molar-refractivity contribution < 1.29 is 0 Å². The number of fused-ring (bicyclic) bond motifs is 1. The van der Waals surface area contributed by atoms with Crippen LogP contribution in [-0.4, -0.2) is 9.97 Å². The van der Waals surface area contributed by atoms with Crippen molar-refractivity contribution >= 4 is 28.3 Å². The first-order valence-electron chi connectivity index (χ1n) is 6.20. The molecule has 0 spiro atoms. The summed E-state index contributed by atoms with van der Waals surface area (Å²) in [5.74, 6) is 0.959. The number of hydrogen-bond acceptors (Lipinski definition) is 2. The lowest BCUT2D eigenvalue weighted by molar-refractivity contribution is 0.892. The number of halogens is 1. The van der Waals surface area contributed by atoms with Gasteiger partial charge in [0.15, 0.2) is 0 Å². The second kappa shape index (κ2) is 4.94. The molecule has 3 N–H and O–H groups in total. The van der Waals surface area contributed by atoms with Crippen LogP contribution in [0.1, 0.15) is 11.4 Å². The van der Waals surface area contributed by atoms with E-state index < -0.39 is 0 Å². The maximum absolute atomic E-state index is 5.96. The van der Waals surface area contributed by atoms with E-state index in [1.165, 1.54) is 0 Å². The fourth-order valence-electron chi connectivity index (χ4n) is 2.17. The zero-order valence-electron chi connectivity index (χ0n) is 10.4. The van der Waals surface area contributed by atoms with Crippen LogP contribution in [0.5, 0.6) is 0 Å². The molecule has 0 unspecified atom stereocenters. The molecule has 0 atom stereocenters. The molecule has 0 saturated heterocycles. The second-order valence-corrected chi connectivity index (χ2v) is 4.98. The van der Waals surface area contributed by atoms with Gasteiger partial charge >= 0.3 is 0 Å². The van der Waals surface area contributed by atoms with Crippen LogP contribution in [0, 0.1) is 0 Å². The van der Waals surface area contributed by atoms with E-state index in [-0.39, 0.29) is 0 Å². The predicted molar refractivity (Wildman–Crippen MR) is 79.4 cm³/mol. The van der Waals surface area contributed by atoms with Crippen molar-refractivity contribution in [3.63, 3.8) is 0 Å². The number of aromatic amines is 1. The van der Waals surface area contributed by atoms with Gasteiger partial charge in [-0.1, -0.05) is 29.8 Å². The first-order valence-corrected chi connectivity index (χ1v) is 6.58. The van der Waals surface area contributed by atoms with E-state index in [4.69, 9.17) is 17.3 Å². The quantitative estimate of drug-likeness (QED) is 0.716. The predicted octanol–water partition coefficient (Wildman–Crippen LogP) is 3.58. The molecule has 19 heavy (non-hydrogen) atoms. The Hall–Kier alpha value is -2.00. The van der Waals surface area contributed by atoms with E-state index in [0.29, 0.717) is 0 Å². The normalized spacial score (nSPS) is 11.0. The molecule has 0 aliphatic carbocycles. The number of nitrogens with zero attached hydrogens (tertiary/aromatic N) is 1. The molecule has 0 saturated carbocycles. The van der Waals surface area contributed by atoms with Gasteiger partial charge in [-0.15, -0.1) is 0 Å². The van der Waals surface area contributed by atoms with Gasteiger partial charge in [-0.3, -0.25) is 0 Å². The SMILES string of the molecule is Nc1ccccc1CCc1nc2ccc(Cl)cc2[nH]1. The van der Waals surface area contributed by atoms with E-state index in [1.807, 2.05) is 36.4 Å². The van der Waals surface area contributed by atoms with Crippen molar-refractivity contribution in [3.8, 4) is 0 Å². The van der Waals surface area contributed by atoms with Gasteiger partial charge in [0, 0.05) is 17.1 Å². The standard InChI is InChI=1S/C15H14ClN3/c16-11-6-7-13-14(9-11)19-15(18-13)8-5-10-3-1-2-4-12(10)17/h1-4,6-7,9H,5,8,17H2,(H,18,19). The summed E-state index contributed by atoms with van der Waals surface area (Å²) in [4.78, 5) is 7.83. The highest BCUT2D eigenvalue weighted by Gasteiger charge is 2.05.